The van der Waals surface area contributed by atoms with Crippen LogP contribution in [-0.4, -0.2) is 21.3 Å². The molecule has 0 amide bonds. The number of ether oxygens (including phenoxy) is 1. The summed E-state index contributed by atoms with van der Waals surface area (Å²) in [5, 5.41) is 13.2. The number of aromatic nitrogens is 2. The molecule has 0 saturated carbocycles. The molecule has 1 aromatic heterocycles. The molecule has 0 unspecified atom stereocenters. The molecule has 5 nitrogen and oxygen atoms in total. The van der Waals surface area contributed by atoms with Gasteiger partial charge in [0.2, 0.25) is 5.95 Å². The molecule has 2 aromatic carbocycles. The predicted octanol–water partition coefficient (Wildman–Crippen LogP) is 4.42. The van der Waals surface area contributed by atoms with E-state index in [0.717, 1.165) is 22.8 Å². The number of imidazole rings is 1. The first-order valence-electron chi connectivity index (χ1n) is 8.77. The Morgan fingerprint density at radius 1 is 1.12 bits per heavy atom. The van der Waals surface area contributed by atoms with Crippen molar-refractivity contribution in [3.63, 3.8) is 0 Å². The number of phenols is 1. The van der Waals surface area contributed by atoms with Crippen molar-refractivity contribution in [3.05, 3.63) is 59.3 Å². The zero-order valence-corrected chi connectivity index (χ0v) is 15.7. The highest BCUT2D eigenvalue weighted by Gasteiger charge is 2.10. The van der Waals surface area contributed by atoms with Gasteiger partial charge in [0.05, 0.1) is 18.5 Å². The fourth-order valence-corrected chi connectivity index (χ4v) is 2.86. The van der Waals surface area contributed by atoms with E-state index in [1.54, 1.807) is 6.07 Å². The van der Waals surface area contributed by atoms with Gasteiger partial charge in [-0.05, 0) is 55.7 Å². The highest BCUT2D eigenvalue weighted by molar-refractivity contribution is 5.63. The summed E-state index contributed by atoms with van der Waals surface area (Å²) in [5.41, 5.74) is 5.79. The molecule has 2 N–H and O–H groups in total. The fourth-order valence-electron chi connectivity index (χ4n) is 2.86. The lowest BCUT2D eigenvalue weighted by atomic mass is 10.0. The van der Waals surface area contributed by atoms with Crippen LogP contribution in [0.4, 0.5) is 5.95 Å². The second-order valence-electron chi connectivity index (χ2n) is 6.41. The molecule has 0 saturated heterocycles. The molecule has 26 heavy (non-hydrogen) atoms. The third-order valence-corrected chi connectivity index (χ3v) is 4.57. The maximum absolute atomic E-state index is 9.80. The second kappa shape index (κ2) is 7.52. The van der Waals surface area contributed by atoms with E-state index in [1.807, 2.05) is 36.9 Å². The molecule has 0 fully saturated rings. The highest BCUT2D eigenvalue weighted by atomic mass is 16.5. The van der Waals surface area contributed by atoms with Crippen LogP contribution in [0.2, 0.25) is 0 Å². The first-order valence-corrected chi connectivity index (χ1v) is 8.77. The highest BCUT2D eigenvalue weighted by Crippen LogP contribution is 2.28. The second-order valence-corrected chi connectivity index (χ2v) is 6.41. The molecule has 0 bridgehead atoms. The van der Waals surface area contributed by atoms with Crippen LogP contribution in [0.1, 0.15) is 23.6 Å². The predicted molar refractivity (Wildman–Crippen MR) is 105 cm³/mol. The van der Waals surface area contributed by atoms with Crippen molar-refractivity contribution in [2.45, 2.75) is 27.3 Å². The van der Waals surface area contributed by atoms with Crippen LogP contribution in [-0.2, 0) is 13.6 Å². The van der Waals surface area contributed by atoms with E-state index in [9.17, 15) is 5.11 Å². The minimum atomic E-state index is 0.157. The summed E-state index contributed by atoms with van der Waals surface area (Å²) < 4.78 is 7.49. The smallest absolute Gasteiger partial charge is 0.203 e. The lowest BCUT2D eigenvalue weighted by Crippen LogP contribution is -2.06. The Bertz CT molecular complexity index is 916. The molecule has 3 rings (SSSR count). The quantitative estimate of drug-likeness (QED) is 0.690. The van der Waals surface area contributed by atoms with Gasteiger partial charge >= 0.3 is 0 Å². The van der Waals surface area contributed by atoms with Crippen LogP contribution in [0.5, 0.6) is 11.5 Å². The summed E-state index contributed by atoms with van der Waals surface area (Å²) in [6, 6.07) is 11.8. The molecule has 5 heteroatoms. The van der Waals surface area contributed by atoms with Gasteiger partial charge in [0.15, 0.2) is 11.5 Å². The van der Waals surface area contributed by atoms with Crippen molar-refractivity contribution in [1.82, 2.24) is 9.55 Å². The van der Waals surface area contributed by atoms with Crippen LogP contribution in [0, 0.1) is 13.8 Å². The number of nitrogens with zero attached hydrogens (tertiary/aromatic N) is 2. The van der Waals surface area contributed by atoms with E-state index in [-0.39, 0.29) is 5.75 Å². The maximum atomic E-state index is 9.80. The summed E-state index contributed by atoms with van der Waals surface area (Å²) in [6.07, 6.45) is 1.88. The summed E-state index contributed by atoms with van der Waals surface area (Å²) in [5.74, 6) is 1.45. The number of rotatable bonds is 6. The fraction of sp³-hybridized carbons (Fsp3) is 0.286. The monoisotopic (exact) mass is 351 g/mol. The van der Waals surface area contributed by atoms with Gasteiger partial charge in [-0.25, -0.2) is 4.98 Å². The minimum Gasteiger partial charge on any atom is -0.504 e. The van der Waals surface area contributed by atoms with Gasteiger partial charge in [-0.1, -0.05) is 18.2 Å². The molecule has 1 heterocycles. The summed E-state index contributed by atoms with van der Waals surface area (Å²) >= 11 is 0. The first kappa shape index (κ1) is 17.9. The van der Waals surface area contributed by atoms with Gasteiger partial charge in [-0.2, -0.15) is 0 Å². The standard InChI is InChI=1S/C21H25N3O2/c1-5-26-20-11-16(7-9-19(20)25)12-22-21-23-13-18(24(21)4)17-8-6-14(2)15(3)10-17/h6-11,13,25H,5,12H2,1-4H3,(H,22,23). The topological polar surface area (TPSA) is 59.3 Å². The molecule has 0 spiro atoms. The summed E-state index contributed by atoms with van der Waals surface area (Å²) in [7, 11) is 2.00. The normalized spacial score (nSPS) is 10.8. The van der Waals surface area contributed by atoms with Gasteiger partial charge in [0, 0.05) is 19.2 Å². The Hall–Kier alpha value is -2.95. The van der Waals surface area contributed by atoms with Crippen LogP contribution < -0.4 is 10.1 Å². The Morgan fingerprint density at radius 2 is 1.92 bits per heavy atom. The average molecular weight is 351 g/mol. The minimum absolute atomic E-state index is 0.157. The number of anilines is 1. The van der Waals surface area contributed by atoms with Crippen molar-refractivity contribution in [1.29, 1.82) is 0 Å². The molecule has 136 valence electrons. The Labute approximate surface area is 154 Å². The molecule has 0 radical (unpaired) electrons. The van der Waals surface area contributed by atoms with Crippen molar-refractivity contribution >= 4 is 5.95 Å². The van der Waals surface area contributed by atoms with Gasteiger partial charge < -0.3 is 19.7 Å². The zero-order chi connectivity index (χ0) is 18.7. The van der Waals surface area contributed by atoms with Crippen LogP contribution in [0.3, 0.4) is 0 Å². The molecule has 3 aromatic rings. The van der Waals surface area contributed by atoms with Crippen molar-refractivity contribution in [2.75, 3.05) is 11.9 Å². The molecule has 0 atom stereocenters. The largest absolute Gasteiger partial charge is 0.504 e. The van der Waals surface area contributed by atoms with Gasteiger partial charge in [-0.15, -0.1) is 0 Å². The van der Waals surface area contributed by atoms with E-state index in [1.165, 1.54) is 11.1 Å². The zero-order valence-electron chi connectivity index (χ0n) is 15.7. The van der Waals surface area contributed by atoms with Crippen LogP contribution in [0.25, 0.3) is 11.3 Å². The Morgan fingerprint density at radius 3 is 2.65 bits per heavy atom. The SMILES string of the molecule is CCOc1cc(CNc2ncc(-c3ccc(C)c(C)c3)n2C)ccc1O. The number of hydrogen-bond donors (Lipinski definition) is 2. The van der Waals surface area contributed by atoms with Crippen molar-refractivity contribution < 1.29 is 9.84 Å². The van der Waals surface area contributed by atoms with Gasteiger partial charge in [-0.3, -0.25) is 0 Å². The number of aromatic hydroxyl groups is 1. The van der Waals surface area contributed by atoms with Crippen molar-refractivity contribution in [3.8, 4) is 22.8 Å². The first-order chi connectivity index (χ1) is 12.5. The maximum Gasteiger partial charge on any atom is 0.203 e. The Balaban J connectivity index is 1.76. The molecule has 0 aliphatic carbocycles. The van der Waals surface area contributed by atoms with E-state index < -0.39 is 0 Å². The van der Waals surface area contributed by atoms with Crippen LogP contribution >= 0.6 is 0 Å². The van der Waals surface area contributed by atoms with Crippen LogP contribution in [0.15, 0.2) is 42.6 Å². The average Bonchev–Trinajstić information content (AvgIpc) is 2.99. The van der Waals surface area contributed by atoms with E-state index in [0.29, 0.717) is 18.9 Å². The number of aryl methyl sites for hydroxylation is 2. The summed E-state index contributed by atoms with van der Waals surface area (Å²) in [6.45, 7) is 7.24. The lowest BCUT2D eigenvalue weighted by Gasteiger charge is -2.11. The molecular weight excluding hydrogens is 326 g/mol. The third-order valence-electron chi connectivity index (χ3n) is 4.57. The molecular formula is C21H25N3O2. The van der Waals surface area contributed by atoms with Crippen molar-refractivity contribution in [2.24, 2.45) is 7.05 Å². The van der Waals surface area contributed by atoms with E-state index in [2.05, 4.69) is 42.3 Å². The number of phenolic OH excluding ortho intramolecular Hbond substituents is 1. The Kier molecular flexibility index (Phi) is 5.16. The van der Waals surface area contributed by atoms with Gasteiger partial charge in [0.1, 0.15) is 0 Å². The number of nitrogens with one attached hydrogen (secondary N) is 1. The van der Waals surface area contributed by atoms with Gasteiger partial charge in [0.25, 0.3) is 0 Å². The lowest BCUT2D eigenvalue weighted by molar-refractivity contribution is 0.318. The third kappa shape index (κ3) is 3.67. The van der Waals surface area contributed by atoms with E-state index in [4.69, 9.17) is 4.74 Å². The molecule has 0 aliphatic heterocycles. The van der Waals surface area contributed by atoms with E-state index >= 15 is 0 Å². The summed E-state index contributed by atoms with van der Waals surface area (Å²) in [4.78, 5) is 4.51. The number of hydrogen-bond acceptors (Lipinski definition) is 4. The number of benzene rings is 2. The molecule has 0 aliphatic rings.